The van der Waals surface area contributed by atoms with Gasteiger partial charge in [0, 0.05) is 7.05 Å². The first-order valence-corrected chi connectivity index (χ1v) is 5.38. The summed E-state index contributed by atoms with van der Waals surface area (Å²) in [5, 5.41) is 18.9. The number of aliphatic hydroxyl groups excluding tert-OH is 2. The maximum atomic E-state index is 13.6. The second-order valence-corrected chi connectivity index (χ2v) is 3.93. The van der Waals surface area contributed by atoms with Crippen molar-refractivity contribution < 1.29 is 32.7 Å². The molecule has 1 aromatic rings. The quantitative estimate of drug-likeness (QED) is 0.605. The summed E-state index contributed by atoms with van der Waals surface area (Å²) in [6, 6.07) is 1.55. The molecule has 1 aromatic carbocycles. The van der Waals surface area contributed by atoms with Gasteiger partial charge in [-0.15, -0.1) is 0 Å². The van der Waals surface area contributed by atoms with Crippen molar-refractivity contribution in [3.8, 4) is 0 Å². The monoisotopic (exact) mass is 287 g/mol. The van der Waals surface area contributed by atoms with Crippen molar-refractivity contribution in [3.05, 3.63) is 53.9 Å². The lowest BCUT2D eigenvalue weighted by molar-refractivity contribution is 0.124. The molecule has 0 spiro atoms. The third-order valence-corrected chi connectivity index (χ3v) is 2.40. The minimum Gasteiger partial charge on any atom is -0.494 e. The van der Waals surface area contributed by atoms with Crippen LogP contribution in [0.25, 0.3) is 0 Å². The molecular formula is C11H9BF3NO4. The van der Waals surface area contributed by atoms with E-state index >= 15 is 0 Å². The average molecular weight is 287 g/mol. The highest BCUT2D eigenvalue weighted by molar-refractivity contribution is 6.61. The van der Waals surface area contributed by atoms with Crippen molar-refractivity contribution in [1.82, 2.24) is 4.90 Å². The molecule has 2 rings (SSSR count). The Morgan fingerprint density at radius 3 is 2.10 bits per heavy atom. The molecule has 1 heterocycles. The Morgan fingerprint density at radius 2 is 1.55 bits per heavy atom. The smallest absolute Gasteiger partial charge is 0.494 e. The van der Waals surface area contributed by atoms with Crippen molar-refractivity contribution in [2.45, 2.75) is 0 Å². The third-order valence-electron chi connectivity index (χ3n) is 2.40. The topological polar surface area (TPSA) is 62.2 Å². The molecule has 0 atom stereocenters. The Morgan fingerprint density at radius 1 is 1.00 bits per heavy atom. The predicted molar refractivity (Wildman–Crippen MR) is 63.1 cm³/mol. The van der Waals surface area contributed by atoms with E-state index in [0.29, 0.717) is 6.07 Å². The van der Waals surface area contributed by atoms with E-state index in [1.54, 1.807) is 0 Å². The molecule has 1 aliphatic rings. The second kappa shape index (κ2) is 5.28. The van der Waals surface area contributed by atoms with Crippen molar-refractivity contribution in [2.24, 2.45) is 0 Å². The number of hydrogen-bond donors (Lipinski definition) is 2. The van der Waals surface area contributed by atoms with Gasteiger partial charge in [-0.1, -0.05) is 6.07 Å². The van der Waals surface area contributed by atoms with Crippen LogP contribution in [-0.4, -0.2) is 29.3 Å². The molecule has 0 radical (unpaired) electrons. The van der Waals surface area contributed by atoms with Gasteiger partial charge >= 0.3 is 7.12 Å². The maximum absolute atomic E-state index is 13.6. The van der Waals surface area contributed by atoms with Crippen LogP contribution in [0.15, 0.2) is 36.4 Å². The van der Waals surface area contributed by atoms with E-state index < -0.39 is 41.9 Å². The molecule has 0 fully saturated rings. The lowest BCUT2D eigenvalue weighted by atomic mass is 9.78. The molecule has 106 valence electrons. The molecule has 0 saturated carbocycles. The molecule has 0 amide bonds. The number of hydrogen-bond acceptors (Lipinski definition) is 5. The highest BCUT2D eigenvalue weighted by atomic mass is 19.2. The molecule has 2 N–H and O–H groups in total. The molecule has 0 bridgehead atoms. The fourth-order valence-corrected chi connectivity index (χ4v) is 1.54. The van der Waals surface area contributed by atoms with Crippen LogP contribution in [0, 0.1) is 17.5 Å². The standard InChI is InChI=1S/C11H9BF3NO4/c1-16-4-8(17)19-12(20-9(18)5-16)6-2-3-7(13)11(15)10(6)14/h2-5,17-18H,1H3/b8-4-,9-5?. The lowest BCUT2D eigenvalue weighted by Gasteiger charge is -2.20. The molecule has 1 aliphatic heterocycles. The van der Waals surface area contributed by atoms with Crippen molar-refractivity contribution in [2.75, 3.05) is 7.05 Å². The van der Waals surface area contributed by atoms with Gasteiger partial charge in [-0.25, -0.2) is 13.2 Å². The average Bonchev–Trinajstić information content (AvgIpc) is 2.33. The van der Waals surface area contributed by atoms with Gasteiger partial charge in [-0.2, -0.15) is 0 Å². The number of rotatable bonds is 1. The fraction of sp³-hybridized carbons (Fsp3) is 0.0909. The molecule has 0 aliphatic carbocycles. The summed E-state index contributed by atoms with van der Waals surface area (Å²) in [6.45, 7) is 0. The van der Waals surface area contributed by atoms with Crippen LogP contribution >= 0.6 is 0 Å². The maximum Gasteiger partial charge on any atom is 0.639 e. The largest absolute Gasteiger partial charge is 0.639 e. The van der Waals surface area contributed by atoms with Gasteiger partial charge in [0.25, 0.3) is 11.9 Å². The van der Waals surface area contributed by atoms with Gasteiger partial charge in [-0.05, 0) is 6.07 Å². The fourth-order valence-electron chi connectivity index (χ4n) is 1.54. The van der Waals surface area contributed by atoms with Gasteiger partial charge in [0.15, 0.2) is 17.5 Å². The molecule has 20 heavy (non-hydrogen) atoms. The van der Waals surface area contributed by atoms with Crippen LogP contribution in [0.1, 0.15) is 0 Å². The van der Waals surface area contributed by atoms with Crippen LogP contribution in [-0.2, 0) is 9.31 Å². The first-order chi connectivity index (χ1) is 9.38. The van der Waals surface area contributed by atoms with E-state index in [-0.39, 0.29) is 0 Å². The van der Waals surface area contributed by atoms with E-state index in [4.69, 9.17) is 9.31 Å². The summed E-state index contributed by atoms with van der Waals surface area (Å²) in [4.78, 5) is 1.21. The predicted octanol–water partition coefficient (Wildman–Crippen LogP) is 1.49. The van der Waals surface area contributed by atoms with Gasteiger partial charge in [0.05, 0.1) is 17.9 Å². The van der Waals surface area contributed by atoms with E-state index in [1.807, 2.05) is 0 Å². The van der Waals surface area contributed by atoms with Crippen LogP contribution < -0.4 is 5.46 Å². The first kappa shape index (κ1) is 14.0. The van der Waals surface area contributed by atoms with Crippen LogP contribution in [0.2, 0.25) is 0 Å². The van der Waals surface area contributed by atoms with Crippen molar-refractivity contribution in [3.63, 3.8) is 0 Å². The molecule has 9 heteroatoms. The van der Waals surface area contributed by atoms with Gasteiger partial charge in [0.1, 0.15) is 0 Å². The van der Waals surface area contributed by atoms with Crippen LogP contribution in [0.5, 0.6) is 0 Å². The number of halogens is 3. The first-order valence-electron chi connectivity index (χ1n) is 5.38. The summed E-state index contributed by atoms with van der Waals surface area (Å²) >= 11 is 0. The SMILES string of the molecule is CN1C=C(O)OB(c2ccc(F)c(F)c2F)O/C(O)=C\1. The molecular weight excluding hydrogens is 278 g/mol. The molecule has 0 saturated heterocycles. The van der Waals surface area contributed by atoms with Crippen LogP contribution in [0.3, 0.4) is 0 Å². The molecule has 5 nitrogen and oxygen atoms in total. The molecule has 0 unspecified atom stereocenters. The number of aliphatic hydroxyl groups is 2. The zero-order valence-electron chi connectivity index (χ0n) is 10.2. The highest BCUT2D eigenvalue weighted by Gasteiger charge is 2.34. The van der Waals surface area contributed by atoms with E-state index in [1.165, 1.54) is 11.9 Å². The Bertz CT molecular complexity index is 571. The van der Waals surface area contributed by atoms with Gasteiger partial charge in [-0.3, -0.25) is 0 Å². The van der Waals surface area contributed by atoms with Crippen molar-refractivity contribution >= 4 is 12.6 Å². The number of nitrogens with zero attached hydrogens (tertiary/aromatic N) is 1. The minimum atomic E-state index is -1.71. The summed E-state index contributed by atoms with van der Waals surface area (Å²) in [7, 11) is -0.219. The van der Waals surface area contributed by atoms with Gasteiger partial charge < -0.3 is 24.4 Å². The zero-order chi connectivity index (χ0) is 14.9. The zero-order valence-corrected chi connectivity index (χ0v) is 10.2. The van der Waals surface area contributed by atoms with Crippen LogP contribution in [0.4, 0.5) is 13.2 Å². The summed E-state index contributed by atoms with van der Waals surface area (Å²) in [6.07, 6.45) is 2.12. The normalized spacial score (nSPS) is 18.2. The summed E-state index contributed by atoms with van der Waals surface area (Å²) in [5.74, 6) is -5.95. The van der Waals surface area contributed by atoms with Crippen molar-refractivity contribution in [1.29, 1.82) is 0 Å². The Balaban J connectivity index is 2.40. The highest BCUT2D eigenvalue weighted by Crippen LogP contribution is 2.13. The second-order valence-electron chi connectivity index (χ2n) is 3.93. The van der Waals surface area contributed by atoms with E-state index in [2.05, 4.69) is 0 Å². The Labute approximate surface area is 112 Å². The number of benzene rings is 1. The third kappa shape index (κ3) is 2.76. The van der Waals surface area contributed by atoms with E-state index in [9.17, 15) is 23.4 Å². The minimum absolute atomic E-state index is 0.520. The van der Waals surface area contributed by atoms with E-state index in [0.717, 1.165) is 18.5 Å². The Hall–Kier alpha value is -2.45. The van der Waals surface area contributed by atoms with Gasteiger partial charge in [0.2, 0.25) is 0 Å². The summed E-state index contributed by atoms with van der Waals surface area (Å²) in [5.41, 5.74) is -0.520. The molecule has 0 aromatic heterocycles. The summed E-state index contributed by atoms with van der Waals surface area (Å²) < 4.78 is 49.3. The lowest BCUT2D eigenvalue weighted by Crippen LogP contribution is -2.40. The Kier molecular flexibility index (Phi) is 3.69.